The molecule has 2 aromatic rings. The summed E-state index contributed by atoms with van der Waals surface area (Å²) in [5, 5.41) is 9.07. The fourth-order valence-electron chi connectivity index (χ4n) is 1.78. The molecule has 0 unspecified atom stereocenters. The second-order valence-electron chi connectivity index (χ2n) is 3.58. The Kier molecular flexibility index (Phi) is 3.25. The Morgan fingerprint density at radius 2 is 2.06 bits per heavy atom. The molecule has 2 rings (SSSR count). The van der Waals surface area contributed by atoms with E-state index in [2.05, 4.69) is 24.2 Å². The van der Waals surface area contributed by atoms with Crippen molar-refractivity contribution in [1.82, 2.24) is 15.0 Å². The first-order chi connectivity index (χ1) is 7.76. The molecule has 0 saturated carbocycles. The molecule has 0 atom stereocenters. The average Bonchev–Trinajstić information content (AvgIpc) is 2.71. The van der Waals surface area contributed by atoms with Crippen LogP contribution in [0.15, 0.2) is 24.3 Å². The van der Waals surface area contributed by atoms with Crippen LogP contribution < -0.4 is 0 Å². The summed E-state index contributed by atoms with van der Waals surface area (Å²) in [6.07, 6.45) is 1.83. The molecule has 16 heavy (non-hydrogen) atoms. The zero-order valence-electron chi connectivity index (χ0n) is 9.44. The van der Waals surface area contributed by atoms with Gasteiger partial charge in [-0.3, -0.25) is 0 Å². The van der Waals surface area contributed by atoms with E-state index < -0.39 is 0 Å². The summed E-state index contributed by atoms with van der Waals surface area (Å²) in [7, 11) is 0. The third-order valence-corrected chi connectivity index (χ3v) is 2.80. The summed E-state index contributed by atoms with van der Waals surface area (Å²) in [6, 6.07) is 7.66. The van der Waals surface area contributed by atoms with E-state index in [-0.39, 0.29) is 0 Å². The van der Waals surface area contributed by atoms with E-state index in [1.165, 1.54) is 0 Å². The molecule has 1 heterocycles. The van der Waals surface area contributed by atoms with Gasteiger partial charge in [0.1, 0.15) is 0 Å². The van der Waals surface area contributed by atoms with Crippen LogP contribution in [-0.2, 0) is 12.8 Å². The molecule has 0 amide bonds. The van der Waals surface area contributed by atoms with Crippen molar-refractivity contribution in [2.45, 2.75) is 26.7 Å². The predicted octanol–water partition coefficient (Wildman–Crippen LogP) is 3.05. The van der Waals surface area contributed by atoms with Crippen LogP contribution in [0.25, 0.3) is 5.69 Å². The van der Waals surface area contributed by atoms with Gasteiger partial charge < -0.3 is 0 Å². The molecule has 84 valence electrons. The summed E-state index contributed by atoms with van der Waals surface area (Å²) in [6.45, 7) is 4.20. The lowest BCUT2D eigenvalue weighted by molar-refractivity contribution is 0.767. The molecular formula is C12H14ClN3. The highest BCUT2D eigenvalue weighted by Gasteiger charge is 2.10. The van der Waals surface area contributed by atoms with Crippen LogP contribution in [0.2, 0.25) is 5.02 Å². The van der Waals surface area contributed by atoms with E-state index in [0.29, 0.717) is 5.02 Å². The highest BCUT2D eigenvalue weighted by atomic mass is 35.5. The van der Waals surface area contributed by atoms with E-state index in [9.17, 15) is 0 Å². The fraction of sp³-hybridized carbons (Fsp3) is 0.333. The van der Waals surface area contributed by atoms with Gasteiger partial charge in [-0.2, -0.15) is 0 Å². The number of hydrogen-bond acceptors (Lipinski definition) is 2. The molecule has 0 radical (unpaired) electrons. The Bertz CT molecular complexity index is 491. The molecule has 4 heteroatoms. The Balaban J connectivity index is 2.51. The van der Waals surface area contributed by atoms with Crippen molar-refractivity contribution in [3.8, 4) is 5.69 Å². The van der Waals surface area contributed by atoms with Gasteiger partial charge >= 0.3 is 0 Å². The highest BCUT2D eigenvalue weighted by molar-refractivity contribution is 6.30. The molecule has 0 fully saturated rings. The molecule has 1 aromatic heterocycles. The van der Waals surface area contributed by atoms with Gasteiger partial charge in [0.15, 0.2) is 0 Å². The lowest BCUT2D eigenvalue weighted by Gasteiger charge is -2.05. The van der Waals surface area contributed by atoms with Crippen molar-refractivity contribution < 1.29 is 0 Å². The van der Waals surface area contributed by atoms with Gasteiger partial charge in [0.25, 0.3) is 0 Å². The summed E-state index contributed by atoms with van der Waals surface area (Å²) >= 11 is 5.97. The van der Waals surface area contributed by atoms with Gasteiger partial charge in [0, 0.05) is 5.02 Å². The molecule has 3 nitrogen and oxygen atoms in total. The van der Waals surface area contributed by atoms with Crippen molar-refractivity contribution in [2.24, 2.45) is 0 Å². The number of halogens is 1. The average molecular weight is 236 g/mol. The second kappa shape index (κ2) is 4.66. The van der Waals surface area contributed by atoms with Gasteiger partial charge in [-0.25, -0.2) is 4.68 Å². The monoisotopic (exact) mass is 235 g/mol. The van der Waals surface area contributed by atoms with E-state index in [1.807, 2.05) is 28.9 Å². The van der Waals surface area contributed by atoms with Gasteiger partial charge in [0.05, 0.1) is 17.1 Å². The molecular weight excluding hydrogens is 222 g/mol. The zero-order chi connectivity index (χ0) is 11.5. The highest BCUT2D eigenvalue weighted by Crippen LogP contribution is 2.17. The van der Waals surface area contributed by atoms with Crippen LogP contribution in [-0.4, -0.2) is 15.0 Å². The number of aryl methyl sites for hydroxylation is 1. The summed E-state index contributed by atoms with van der Waals surface area (Å²) in [5.74, 6) is 0. The number of aromatic nitrogens is 3. The molecule has 0 saturated heterocycles. The maximum absolute atomic E-state index is 5.97. The Morgan fingerprint density at radius 1 is 1.25 bits per heavy atom. The van der Waals surface area contributed by atoms with Crippen LogP contribution in [0.3, 0.4) is 0 Å². The number of hydrogen-bond donors (Lipinski definition) is 0. The molecule has 0 aliphatic rings. The van der Waals surface area contributed by atoms with Crippen LogP contribution in [0.5, 0.6) is 0 Å². The lowest BCUT2D eigenvalue weighted by atomic mass is 10.2. The van der Waals surface area contributed by atoms with E-state index >= 15 is 0 Å². The minimum atomic E-state index is 0.716. The first-order valence-electron chi connectivity index (χ1n) is 5.45. The number of rotatable bonds is 3. The fourth-order valence-corrected chi connectivity index (χ4v) is 1.96. The van der Waals surface area contributed by atoms with Crippen LogP contribution >= 0.6 is 11.6 Å². The maximum Gasteiger partial charge on any atom is 0.0861 e. The third kappa shape index (κ3) is 1.95. The van der Waals surface area contributed by atoms with Crippen molar-refractivity contribution in [3.05, 3.63) is 40.7 Å². The van der Waals surface area contributed by atoms with Gasteiger partial charge in [-0.1, -0.05) is 36.7 Å². The molecule has 0 bridgehead atoms. The minimum Gasteiger partial charge on any atom is -0.217 e. The molecule has 0 aliphatic carbocycles. The molecule has 0 aliphatic heterocycles. The smallest absolute Gasteiger partial charge is 0.0861 e. The first-order valence-corrected chi connectivity index (χ1v) is 5.83. The molecule has 0 N–H and O–H groups in total. The van der Waals surface area contributed by atoms with Crippen molar-refractivity contribution >= 4 is 11.6 Å². The maximum atomic E-state index is 5.97. The van der Waals surface area contributed by atoms with Gasteiger partial charge in [-0.05, 0) is 31.0 Å². The van der Waals surface area contributed by atoms with Crippen LogP contribution in [0.4, 0.5) is 0 Å². The van der Waals surface area contributed by atoms with E-state index in [1.54, 1.807) is 0 Å². The van der Waals surface area contributed by atoms with E-state index in [4.69, 9.17) is 11.6 Å². The lowest BCUT2D eigenvalue weighted by Crippen LogP contribution is -2.02. The van der Waals surface area contributed by atoms with Gasteiger partial charge in [-0.15, -0.1) is 5.10 Å². The number of benzene rings is 1. The molecule has 1 aromatic carbocycles. The minimum absolute atomic E-state index is 0.716. The summed E-state index contributed by atoms with van der Waals surface area (Å²) in [4.78, 5) is 0. The summed E-state index contributed by atoms with van der Waals surface area (Å²) < 4.78 is 1.87. The SMILES string of the molecule is CCc1nnn(-c2cccc(Cl)c2)c1CC. The predicted molar refractivity (Wildman–Crippen MR) is 65.1 cm³/mol. The standard InChI is InChI=1S/C12H14ClN3/c1-3-11-12(4-2)16(15-14-11)10-7-5-6-9(13)8-10/h5-8H,3-4H2,1-2H3. The zero-order valence-corrected chi connectivity index (χ0v) is 10.2. The Hall–Kier alpha value is -1.35. The second-order valence-corrected chi connectivity index (χ2v) is 4.02. The molecule has 0 spiro atoms. The van der Waals surface area contributed by atoms with E-state index in [0.717, 1.165) is 29.9 Å². The third-order valence-electron chi connectivity index (χ3n) is 2.57. The van der Waals surface area contributed by atoms with Crippen molar-refractivity contribution in [1.29, 1.82) is 0 Å². The number of nitrogens with zero attached hydrogens (tertiary/aromatic N) is 3. The first kappa shape index (κ1) is 11.1. The quantitative estimate of drug-likeness (QED) is 0.819. The van der Waals surface area contributed by atoms with Crippen LogP contribution in [0, 0.1) is 0 Å². The largest absolute Gasteiger partial charge is 0.217 e. The summed E-state index contributed by atoms with van der Waals surface area (Å²) in [5.41, 5.74) is 3.18. The van der Waals surface area contributed by atoms with Crippen molar-refractivity contribution in [2.75, 3.05) is 0 Å². The normalized spacial score (nSPS) is 10.7. The van der Waals surface area contributed by atoms with Gasteiger partial charge in [0.2, 0.25) is 0 Å². The topological polar surface area (TPSA) is 30.7 Å². The van der Waals surface area contributed by atoms with Crippen LogP contribution in [0.1, 0.15) is 25.2 Å². The Morgan fingerprint density at radius 3 is 2.69 bits per heavy atom. The van der Waals surface area contributed by atoms with Crippen molar-refractivity contribution in [3.63, 3.8) is 0 Å². The Labute approximate surface area is 100 Å².